The van der Waals surface area contributed by atoms with Crippen LogP contribution in [0.15, 0.2) is 53.5 Å². The van der Waals surface area contributed by atoms with Gasteiger partial charge < -0.3 is 20.4 Å². The maximum absolute atomic E-state index is 11.7. The molecule has 1 saturated heterocycles. The second-order valence-electron chi connectivity index (χ2n) is 8.58. The number of carbonyl (C=O) groups is 1. The number of rotatable bonds is 9. The van der Waals surface area contributed by atoms with Gasteiger partial charge >= 0.3 is 0 Å². The van der Waals surface area contributed by atoms with E-state index in [1.165, 1.54) is 22.4 Å². The van der Waals surface area contributed by atoms with E-state index in [4.69, 9.17) is 4.99 Å². The van der Waals surface area contributed by atoms with Gasteiger partial charge in [0.05, 0.1) is 6.54 Å². The van der Waals surface area contributed by atoms with Crippen molar-refractivity contribution in [1.29, 1.82) is 0 Å². The Morgan fingerprint density at radius 1 is 0.969 bits per heavy atom. The average Bonchev–Trinajstić information content (AvgIpc) is 3.42. The number of anilines is 1. The van der Waals surface area contributed by atoms with Crippen molar-refractivity contribution in [3.05, 3.63) is 65.2 Å². The molecule has 2 N–H and O–H groups in total. The number of hydrogen-bond acceptors (Lipinski definition) is 3. The van der Waals surface area contributed by atoms with E-state index in [0.29, 0.717) is 18.9 Å². The lowest BCUT2D eigenvalue weighted by Crippen LogP contribution is -2.39. The number of likely N-dealkylation sites (tertiary alicyclic amines) is 1. The minimum absolute atomic E-state index is 0.294. The summed E-state index contributed by atoms with van der Waals surface area (Å²) >= 11 is 0. The Morgan fingerprint density at radius 3 is 2.56 bits per heavy atom. The molecule has 0 bridgehead atoms. The Bertz CT molecular complexity index is 924. The van der Waals surface area contributed by atoms with E-state index in [1.54, 1.807) is 0 Å². The lowest BCUT2D eigenvalue weighted by molar-refractivity contribution is -0.127. The summed E-state index contributed by atoms with van der Waals surface area (Å²) in [5.74, 6) is 1.13. The third-order valence-corrected chi connectivity index (χ3v) is 6.21. The van der Waals surface area contributed by atoms with Crippen molar-refractivity contribution in [2.75, 3.05) is 37.6 Å². The number of nitrogens with zero attached hydrogens (tertiary/aromatic N) is 3. The zero-order chi connectivity index (χ0) is 22.2. The molecular formula is C26H35N5O. The molecule has 2 aliphatic rings. The van der Waals surface area contributed by atoms with Crippen LogP contribution in [-0.2, 0) is 24.3 Å². The molecule has 6 nitrogen and oxygen atoms in total. The summed E-state index contributed by atoms with van der Waals surface area (Å²) in [6.07, 6.45) is 3.78. The van der Waals surface area contributed by atoms with Gasteiger partial charge in [-0.15, -0.1) is 0 Å². The van der Waals surface area contributed by atoms with Crippen LogP contribution in [0.5, 0.6) is 0 Å². The van der Waals surface area contributed by atoms with E-state index in [-0.39, 0.29) is 0 Å². The number of guanidine groups is 1. The minimum Gasteiger partial charge on any atom is -0.367 e. The zero-order valence-corrected chi connectivity index (χ0v) is 19.1. The molecule has 0 aliphatic carbocycles. The van der Waals surface area contributed by atoms with Crippen LogP contribution < -0.4 is 15.5 Å². The molecule has 1 amide bonds. The van der Waals surface area contributed by atoms with Gasteiger partial charge in [0.15, 0.2) is 5.96 Å². The second-order valence-corrected chi connectivity index (χ2v) is 8.58. The Morgan fingerprint density at radius 2 is 1.78 bits per heavy atom. The number of amides is 1. The minimum atomic E-state index is 0.294. The SMILES string of the molecule is CCNC(=NCc1ccc(CN2CCc3ccccc32)cc1)NCCCN1CCCC1=O. The average molecular weight is 434 g/mol. The van der Waals surface area contributed by atoms with E-state index >= 15 is 0 Å². The monoisotopic (exact) mass is 433 g/mol. The number of benzene rings is 2. The van der Waals surface area contributed by atoms with Gasteiger partial charge in [0.2, 0.25) is 5.91 Å². The number of para-hydroxylation sites is 1. The van der Waals surface area contributed by atoms with Crippen LogP contribution in [0.4, 0.5) is 5.69 Å². The van der Waals surface area contributed by atoms with E-state index < -0.39 is 0 Å². The molecule has 4 rings (SSSR count). The topological polar surface area (TPSA) is 60.0 Å². The van der Waals surface area contributed by atoms with E-state index in [0.717, 1.165) is 64.5 Å². The second kappa shape index (κ2) is 11.0. The molecule has 32 heavy (non-hydrogen) atoms. The van der Waals surface area contributed by atoms with Crippen LogP contribution in [0.25, 0.3) is 0 Å². The molecule has 6 heteroatoms. The van der Waals surface area contributed by atoms with Gasteiger partial charge in [-0.1, -0.05) is 42.5 Å². The van der Waals surface area contributed by atoms with Crippen molar-refractivity contribution in [2.45, 2.75) is 45.7 Å². The summed E-state index contributed by atoms with van der Waals surface area (Å²) < 4.78 is 0. The zero-order valence-electron chi connectivity index (χ0n) is 19.1. The molecule has 2 aromatic carbocycles. The van der Waals surface area contributed by atoms with Gasteiger partial charge in [-0.3, -0.25) is 4.79 Å². The van der Waals surface area contributed by atoms with Gasteiger partial charge in [0.1, 0.15) is 0 Å². The molecule has 1 fully saturated rings. The first-order chi connectivity index (χ1) is 15.7. The number of aliphatic imine (C=N–C) groups is 1. The number of nitrogens with one attached hydrogen (secondary N) is 2. The van der Waals surface area contributed by atoms with Crippen molar-refractivity contribution < 1.29 is 4.79 Å². The summed E-state index contributed by atoms with van der Waals surface area (Å²) in [6, 6.07) is 17.5. The fourth-order valence-electron chi connectivity index (χ4n) is 4.47. The van der Waals surface area contributed by atoms with Gasteiger partial charge in [0.25, 0.3) is 0 Å². The summed E-state index contributed by atoms with van der Waals surface area (Å²) in [5, 5.41) is 6.70. The largest absolute Gasteiger partial charge is 0.367 e. The molecule has 0 atom stereocenters. The van der Waals surface area contributed by atoms with Crippen LogP contribution in [0.2, 0.25) is 0 Å². The summed E-state index contributed by atoms with van der Waals surface area (Å²) in [7, 11) is 0. The molecule has 0 spiro atoms. The fourth-order valence-corrected chi connectivity index (χ4v) is 4.47. The maximum Gasteiger partial charge on any atom is 0.222 e. The number of hydrogen-bond donors (Lipinski definition) is 2. The standard InChI is InChI=1S/C26H35N5O/c1-2-27-26(28-15-6-17-30-16-5-9-25(30)32)29-19-21-10-12-22(13-11-21)20-31-18-14-23-7-3-4-8-24(23)31/h3-4,7-8,10-13H,2,5-6,9,14-20H2,1H3,(H2,27,28,29). The number of carbonyl (C=O) groups excluding carboxylic acids is 1. The smallest absolute Gasteiger partial charge is 0.222 e. The Kier molecular flexibility index (Phi) is 7.64. The molecule has 2 aliphatic heterocycles. The van der Waals surface area contributed by atoms with Crippen LogP contribution in [-0.4, -0.2) is 49.5 Å². The van der Waals surface area contributed by atoms with Crippen molar-refractivity contribution in [2.24, 2.45) is 4.99 Å². The lowest BCUT2D eigenvalue weighted by atomic mass is 10.1. The van der Waals surface area contributed by atoms with Crippen molar-refractivity contribution in [3.8, 4) is 0 Å². The molecular weight excluding hydrogens is 398 g/mol. The molecule has 2 aromatic rings. The van der Waals surface area contributed by atoms with Crippen molar-refractivity contribution in [3.63, 3.8) is 0 Å². The summed E-state index contributed by atoms with van der Waals surface area (Å²) in [4.78, 5) is 20.9. The third kappa shape index (κ3) is 5.81. The normalized spacial score (nSPS) is 15.9. The predicted molar refractivity (Wildman–Crippen MR) is 131 cm³/mol. The summed E-state index contributed by atoms with van der Waals surface area (Å²) in [5.41, 5.74) is 5.36. The van der Waals surface area contributed by atoms with Crippen molar-refractivity contribution >= 4 is 17.6 Å². The molecule has 0 radical (unpaired) electrons. The highest BCUT2D eigenvalue weighted by Gasteiger charge is 2.19. The van der Waals surface area contributed by atoms with Crippen LogP contribution in [0.1, 0.15) is 42.9 Å². The van der Waals surface area contributed by atoms with Gasteiger partial charge in [0, 0.05) is 51.4 Å². The highest BCUT2D eigenvalue weighted by Crippen LogP contribution is 2.28. The van der Waals surface area contributed by atoms with Gasteiger partial charge in [-0.05, 0) is 48.9 Å². The molecule has 170 valence electrons. The Labute approximate surface area is 191 Å². The highest BCUT2D eigenvalue weighted by molar-refractivity contribution is 5.80. The quantitative estimate of drug-likeness (QED) is 0.362. The first kappa shape index (κ1) is 22.2. The molecule has 0 aromatic heterocycles. The Balaban J connectivity index is 1.25. The van der Waals surface area contributed by atoms with Crippen LogP contribution in [0.3, 0.4) is 0 Å². The van der Waals surface area contributed by atoms with E-state index in [9.17, 15) is 4.79 Å². The molecule has 0 unspecified atom stereocenters. The first-order valence-corrected chi connectivity index (χ1v) is 11.9. The summed E-state index contributed by atoms with van der Waals surface area (Å²) in [6.45, 7) is 8.14. The predicted octanol–water partition coefficient (Wildman–Crippen LogP) is 3.32. The van der Waals surface area contributed by atoms with E-state index in [2.05, 4.69) is 71.0 Å². The van der Waals surface area contributed by atoms with Crippen LogP contribution >= 0.6 is 0 Å². The van der Waals surface area contributed by atoms with E-state index in [1.807, 2.05) is 4.90 Å². The number of fused-ring (bicyclic) bond motifs is 1. The Hall–Kier alpha value is -3.02. The van der Waals surface area contributed by atoms with Crippen molar-refractivity contribution in [1.82, 2.24) is 15.5 Å². The molecule has 2 heterocycles. The maximum atomic E-state index is 11.7. The van der Waals surface area contributed by atoms with Crippen LogP contribution in [0, 0.1) is 0 Å². The fraction of sp³-hybridized carbons (Fsp3) is 0.462. The molecule has 0 saturated carbocycles. The van der Waals surface area contributed by atoms with Gasteiger partial charge in [-0.25, -0.2) is 4.99 Å². The third-order valence-electron chi connectivity index (χ3n) is 6.21. The first-order valence-electron chi connectivity index (χ1n) is 11.9. The highest BCUT2D eigenvalue weighted by atomic mass is 16.2. The van der Waals surface area contributed by atoms with Gasteiger partial charge in [-0.2, -0.15) is 0 Å². The lowest BCUT2D eigenvalue weighted by Gasteiger charge is -2.19.